The van der Waals surface area contributed by atoms with E-state index in [1.54, 1.807) is 0 Å². The third-order valence-electron chi connectivity index (χ3n) is 1.00. The first-order valence-corrected chi connectivity index (χ1v) is 2.57. The van der Waals surface area contributed by atoms with E-state index in [2.05, 4.69) is 0 Å². The SMILES string of the molecule is [O]C(C(F)(F)F)C(F)(F)C(F)(F)F. The highest BCUT2D eigenvalue weighted by atomic mass is 19.4. The summed E-state index contributed by atoms with van der Waals surface area (Å²) in [6, 6.07) is 0. The fourth-order valence-electron chi connectivity index (χ4n) is 0.354. The molecular formula is C4HF8O. The molecule has 9 heteroatoms. The van der Waals surface area contributed by atoms with Crippen molar-refractivity contribution < 1.29 is 40.2 Å². The highest BCUT2D eigenvalue weighted by molar-refractivity contribution is 4.88. The van der Waals surface area contributed by atoms with E-state index in [1.165, 1.54) is 0 Å². The van der Waals surface area contributed by atoms with E-state index in [1.807, 2.05) is 0 Å². The molecule has 1 radical (unpaired) electrons. The van der Waals surface area contributed by atoms with E-state index in [0.717, 1.165) is 0 Å². The Morgan fingerprint density at radius 2 is 1.08 bits per heavy atom. The Bertz CT molecular complexity index is 178. The van der Waals surface area contributed by atoms with Gasteiger partial charge < -0.3 is 0 Å². The smallest absolute Gasteiger partial charge is 0.216 e. The molecule has 13 heavy (non-hydrogen) atoms. The Balaban J connectivity index is 4.86. The van der Waals surface area contributed by atoms with Gasteiger partial charge in [0.05, 0.1) is 0 Å². The summed E-state index contributed by atoms with van der Waals surface area (Å²) in [6.45, 7) is 0. The summed E-state index contributed by atoms with van der Waals surface area (Å²) in [6.07, 6.45) is -17.6. The fourth-order valence-corrected chi connectivity index (χ4v) is 0.354. The predicted octanol–water partition coefficient (Wildman–Crippen LogP) is 2.55. The van der Waals surface area contributed by atoms with Crippen LogP contribution in [0.5, 0.6) is 0 Å². The predicted molar refractivity (Wildman–Crippen MR) is 21.5 cm³/mol. The van der Waals surface area contributed by atoms with Crippen molar-refractivity contribution in [3.63, 3.8) is 0 Å². The van der Waals surface area contributed by atoms with Gasteiger partial charge in [0, 0.05) is 0 Å². The average molecular weight is 217 g/mol. The quantitative estimate of drug-likeness (QED) is 0.601. The maximum Gasteiger partial charge on any atom is 0.456 e. The molecule has 0 heterocycles. The number of alkyl halides is 8. The summed E-state index contributed by atoms with van der Waals surface area (Å²) < 4.78 is 90.4. The van der Waals surface area contributed by atoms with Gasteiger partial charge in [-0.05, 0) is 0 Å². The lowest BCUT2D eigenvalue weighted by atomic mass is 10.2. The van der Waals surface area contributed by atoms with Crippen molar-refractivity contribution in [3.8, 4) is 0 Å². The second-order valence-electron chi connectivity index (χ2n) is 2.04. The van der Waals surface area contributed by atoms with Crippen LogP contribution >= 0.6 is 0 Å². The molecule has 0 fully saturated rings. The molecule has 1 nitrogen and oxygen atoms in total. The lowest BCUT2D eigenvalue weighted by molar-refractivity contribution is -0.369. The monoisotopic (exact) mass is 217 g/mol. The fraction of sp³-hybridized carbons (Fsp3) is 1.00. The summed E-state index contributed by atoms with van der Waals surface area (Å²) in [5.41, 5.74) is 0. The van der Waals surface area contributed by atoms with E-state index in [4.69, 9.17) is 0 Å². The molecule has 0 N–H and O–H groups in total. The van der Waals surface area contributed by atoms with Gasteiger partial charge in [0.25, 0.3) is 6.10 Å². The zero-order valence-corrected chi connectivity index (χ0v) is 5.51. The van der Waals surface area contributed by atoms with Gasteiger partial charge in [0.15, 0.2) is 0 Å². The Morgan fingerprint density at radius 1 is 0.769 bits per heavy atom. The summed E-state index contributed by atoms with van der Waals surface area (Å²) in [5.74, 6) is -6.30. The maximum absolute atomic E-state index is 11.7. The van der Waals surface area contributed by atoms with Crippen molar-refractivity contribution in [2.45, 2.75) is 24.4 Å². The van der Waals surface area contributed by atoms with Crippen molar-refractivity contribution in [2.75, 3.05) is 0 Å². The van der Waals surface area contributed by atoms with Crippen LogP contribution in [0.15, 0.2) is 0 Å². The van der Waals surface area contributed by atoms with Gasteiger partial charge in [-0.3, -0.25) is 0 Å². The van der Waals surface area contributed by atoms with Crippen molar-refractivity contribution >= 4 is 0 Å². The first-order chi connectivity index (χ1) is 5.40. The van der Waals surface area contributed by atoms with E-state index in [9.17, 15) is 40.2 Å². The van der Waals surface area contributed by atoms with Crippen molar-refractivity contribution in [2.24, 2.45) is 0 Å². The molecule has 0 aromatic carbocycles. The largest absolute Gasteiger partial charge is 0.456 e. The van der Waals surface area contributed by atoms with Crippen LogP contribution in [0.4, 0.5) is 35.1 Å². The molecule has 0 amide bonds. The summed E-state index contributed by atoms with van der Waals surface area (Å²) in [4.78, 5) is 0. The van der Waals surface area contributed by atoms with Gasteiger partial charge >= 0.3 is 18.3 Å². The van der Waals surface area contributed by atoms with Crippen LogP contribution in [-0.4, -0.2) is 24.4 Å². The van der Waals surface area contributed by atoms with Gasteiger partial charge in [0.2, 0.25) is 0 Å². The Hall–Kier alpha value is -0.600. The minimum atomic E-state index is -6.49. The number of hydrogen-bond donors (Lipinski definition) is 0. The lowest BCUT2D eigenvalue weighted by Crippen LogP contribution is -2.53. The summed E-state index contributed by atoms with van der Waals surface area (Å²) in [7, 11) is 0. The zero-order valence-electron chi connectivity index (χ0n) is 5.51. The van der Waals surface area contributed by atoms with Crippen molar-refractivity contribution in [1.29, 1.82) is 0 Å². The van der Waals surface area contributed by atoms with Crippen molar-refractivity contribution in [1.82, 2.24) is 0 Å². The third kappa shape index (κ3) is 2.42. The molecule has 0 aliphatic rings. The number of halogens is 8. The van der Waals surface area contributed by atoms with E-state index in [-0.39, 0.29) is 0 Å². The van der Waals surface area contributed by atoms with Crippen LogP contribution in [-0.2, 0) is 5.11 Å². The third-order valence-corrected chi connectivity index (χ3v) is 1.00. The van der Waals surface area contributed by atoms with Gasteiger partial charge in [-0.2, -0.15) is 35.1 Å². The minimum Gasteiger partial charge on any atom is -0.216 e. The maximum atomic E-state index is 11.7. The molecule has 0 aliphatic heterocycles. The second kappa shape index (κ2) is 2.96. The minimum absolute atomic E-state index is 4.99. The molecule has 0 saturated carbocycles. The lowest BCUT2D eigenvalue weighted by Gasteiger charge is -2.24. The first-order valence-electron chi connectivity index (χ1n) is 2.57. The average Bonchev–Trinajstić information content (AvgIpc) is 1.81. The number of hydrogen-bond acceptors (Lipinski definition) is 0. The van der Waals surface area contributed by atoms with Gasteiger partial charge in [-0.25, -0.2) is 5.11 Å². The van der Waals surface area contributed by atoms with Gasteiger partial charge in [-0.1, -0.05) is 0 Å². The van der Waals surface area contributed by atoms with E-state index >= 15 is 0 Å². The standard InChI is InChI=1S/C4HF8O/c5-2(6,4(10,11)12)1(13)3(7,8)9/h1H. The molecule has 0 aromatic heterocycles. The topological polar surface area (TPSA) is 19.9 Å². The number of rotatable bonds is 1. The Morgan fingerprint density at radius 3 is 1.15 bits per heavy atom. The van der Waals surface area contributed by atoms with E-state index in [0.29, 0.717) is 0 Å². The highest BCUT2D eigenvalue weighted by Gasteiger charge is 2.70. The van der Waals surface area contributed by atoms with Crippen LogP contribution in [0.3, 0.4) is 0 Å². The zero-order chi connectivity index (χ0) is 11.1. The van der Waals surface area contributed by atoms with E-state index < -0.39 is 24.4 Å². The Labute approximate surface area is 66.0 Å². The molecular weight excluding hydrogens is 216 g/mol. The molecule has 79 valence electrons. The molecule has 1 unspecified atom stereocenters. The molecule has 0 bridgehead atoms. The van der Waals surface area contributed by atoms with Crippen LogP contribution < -0.4 is 0 Å². The van der Waals surface area contributed by atoms with Crippen LogP contribution in [0, 0.1) is 0 Å². The summed E-state index contributed by atoms with van der Waals surface area (Å²) in [5, 5.41) is 9.62. The van der Waals surface area contributed by atoms with Gasteiger partial charge in [0.1, 0.15) is 0 Å². The molecule has 0 rings (SSSR count). The summed E-state index contributed by atoms with van der Waals surface area (Å²) >= 11 is 0. The first kappa shape index (κ1) is 12.4. The van der Waals surface area contributed by atoms with Crippen LogP contribution in [0.25, 0.3) is 0 Å². The molecule has 0 saturated heterocycles. The highest BCUT2D eigenvalue weighted by Crippen LogP contribution is 2.43. The second-order valence-corrected chi connectivity index (χ2v) is 2.04. The molecule has 0 aromatic rings. The Kier molecular flexibility index (Phi) is 2.83. The van der Waals surface area contributed by atoms with Crippen molar-refractivity contribution in [3.05, 3.63) is 0 Å². The normalized spacial score (nSPS) is 17.3. The molecule has 0 aliphatic carbocycles. The van der Waals surface area contributed by atoms with Gasteiger partial charge in [-0.15, -0.1) is 0 Å². The van der Waals surface area contributed by atoms with Crippen LogP contribution in [0.2, 0.25) is 0 Å². The molecule has 0 spiro atoms. The van der Waals surface area contributed by atoms with Crippen LogP contribution in [0.1, 0.15) is 0 Å². The molecule has 1 atom stereocenters.